The Balaban J connectivity index is 2.26. The Kier molecular flexibility index (Phi) is 4.57. The predicted molar refractivity (Wildman–Crippen MR) is 85.2 cm³/mol. The standard InChI is InChI=1S/C13H14N4O4S2/c14-13(15)17-23(20,21)12-8-6-10(7-9-12)16-22(18,19)11-4-2-1-3-5-11/h1-9,16H,(H4,14,15,17)/p+1. The van der Waals surface area contributed by atoms with Crippen molar-refractivity contribution in [1.82, 2.24) is 0 Å². The molecular weight excluding hydrogens is 340 g/mol. The van der Waals surface area contributed by atoms with E-state index in [9.17, 15) is 16.8 Å². The lowest BCUT2D eigenvalue weighted by molar-refractivity contribution is -0.270. The molecular formula is C13H15N4O4S2+. The smallest absolute Gasteiger partial charge is 0.290 e. The number of hydrogen-bond donors (Lipinski definition) is 4. The van der Waals surface area contributed by atoms with Crippen LogP contribution in [0.3, 0.4) is 0 Å². The molecule has 122 valence electrons. The Hall–Kier alpha value is -2.59. The Morgan fingerprint density at radius 2 is 1.39 bits per heavy atom. The van der Waals surface area contributed by atoms with Gasteiger partial charge in [-0.25, -0.2) is 8.42 Å². The summed E-state index contributed by atoms with van der Waals surface area (Å²) in [5, 5.41) is 0. The molecule has 0 amide bonds. The third-order valence-electron chi connectivity index (χ3n) is 2.72. The van der Waals surface area contributed by atoms with Gasteiger partial charge < -0.3 is 0 Å². The summed E-state index contributed by atoms with van der Waals surface area (Å²) in [7, 11) is -7.63. The summed E-state index contributed by atoms with van der Waals surface area (Å²) < 4.78 is 52.3. The Morgan fingerprint density at radius 1 is 0.826 bits per heavy atom. The van der Waals surface area contributed by atoms with Crippen molar-refractivity contribution in [2.45, 2.75) is 9.79 Å². The molecule has 10 heteroatoms. The number of benzene rings is 2. The maximum absolute atomic E-state index is 12.2. The topological polar surface area (TPSA) is 146 Å². The fourth-order valence-corrected chi connectivity index (χ4v) is 3.73. The van der Waals surface area contributed by atoms with E-state index >= 15 is 0 Å². The number of nitrogens with one attached hydrogen (secondary N) is 2. The zero-order valence-electron chi connectivity index (χ0n) is 11.8. The molecule has 0 aliphatic heterocycles. The molecule has 6 N–H and O–H groups in total. The lowest BCUT2D eigenvalue weighted by atomic mass is 10.3. The van der Waals surface area contributed by atoms with E-state index in [0.717, 1.165) is 0 Å². The summed E-state index contributed by atoms with van der Waals surface area (Å²) in [6.45, 7) is 0. The molecule has 0 bridgehead atoms. The van der Waals surface area contributed by atoms with Crippen LogP contribution < -0.4 is 20.6 Å². The molecule has 0 aliphatic carbocycles. The van der Waals surface area contributed by atoms with Gasteiger partial charge in [-0.2, -0.15) is 12.8 Å². The minimum atomic E-state index is -3.89. The van der Waals surface area contributed by atoms with Gasteiger partial charge in [0.25, 0.3) is 10.0 Å². The summed E-state index contributed by atoms with van der Waals surface area (Å²) >= 11 is 0. The van der Waals surface area contributed by atoms with Crippen LogP contribution >= 0.6 is 0 Å². The monoisotopic (exact) mass is 355 g/mol. The molecule has 0 heterocycles. The van der Waals surface area contributed by atoms with Gasteiger partial charge in [-0.15, -0.1) is 0 Å². The first-order chi connectivity index (χ1) is 10.7. The molecule has 0 unspecified atom stereocenters. The summed E-state index contributed by atoms with van der Waals surface area (Å²) in [6.07, 6.45) is 0. The number of nitrogens with two attached hydrogens (primary N) is 2. The van der Waals surface area contributed by atoms with E-state index in [1.807, 2.05) is 4.40 Å². The van der Waals surface area contributed by atoms with Gasteiger partial charge in [-0.05, 0) is 36.4 Å². The van der Waals surface area contributed by atoms with E-state index in [4.69, 9.17) is 11.5 Å². The average molecular weight is 355 g/mol. The van der Waals surface area contributed by atoms with Crippen LogP contribution in [-0.2, 0) is 20.0 Å². The molecule has 0 atom stereocenters. The first-order valence-electron chi connectivity index (χ1n) is 6.29. The van der Waals surface area contributed by atoms with E-state index in [1.165, 1.54) is 36.4 Å². The highest BCUT2D eigenvalue weighted by atomic mass is 32.2. The van der Waals surface area contributed by atoms with Gasteiger partial charge in [0.2, 0.25) is 0 Å². The van der Waals surface area contributed by atoms with E-state index < -0.39 is 26.0 Å². The van der Waals surface area contributed by atoms with E-state index in [1.54, 1.807) is 18.2 Å². The third-order valence-corrected chi connectivity index (χ3v) is 5.52. The zero-order chi connectivity index (χ0) is 17.1. The molecule has 0 aromatic heterocycles. The predicted octanol–water partition coefficient (Wildman–Crippen LogP) is -1.47. The summed E-state index contributed by atoms with van der Waals surface area (Å²) in [5.74, 6) is -0.459. The normalized spacial score (nSPS) is 11.7. The quantitative estimate of drug-likeness (QED) is 0.380. The average Bonchev–Trinajstić information content (AvgIpc) is 2.47. The van der Waals surface area contributed by atoms with Crippen molar-refractivity contribution in [3.8, 4) is 0 Å². The largest absolute Gasteiger partial charge is 0.353 e. The minimum Gasteiger partial charge on any atom is -0.290 e. The highest BCUT2D eigenvalue weighted by Gasteiger charge is 2.16. The molecule has 0 saturated heterocycles. The van der Waals surface area contributed by atoms with Gasteiger partial charge in [0, 0.05) is 5.69 Å². The van der Waals surface area contributed by atoms with Gasteiger partial charge in [0.15, 0.2) is 0 Å². The third kappa shape index (κ3) is 4.20. The Morgan fingerprint density at radius 3 is 1.91 bits per heavy atom. The van der Waals surface area contributed by atoms with Gasteiger partial charge in [0.1, 0.15) is 4.90 Å². The lowest BCUT2D eigenvalue weighted by Gasteiger charge is -2.08. The number of anilines is 1. The van der Waals surface area contributed by atoms with Crippen LogP contribution in [-0.4, -0.2) is 22.8 Å². The van der Waals surface area contributed by atoms with Gasteiger partial charge in [-0.1, -0.05) is 18.2 Å². The van der Waals surface area contributed by atoms with Crippen molar-refractivity contribution < 1.29 is 21.2 Å². The van der Waals surface area contributed by atoms with Crippen LogP contribution in [0.5, 0.6) is 0 Å². The minimum absolute atomic E-state index is 0.101. The zero-order valence-corrected chi connectivity index (χ0v) is 13.4. The van der Waals surface area contributed by atoms with Crippen molar-refractivity contribution in [2.24, 2.45) is 11.5 Å². The fraction of sp³-hybridized carbons (Fsp3) is 0. The van der Waals surface area contributed by atoms with Crippen LogP contribution in [0, 0.1) is 0 Å². The van der Waals surface area contributed by atoms with Gasteiger partial charge >= 0.3 is 16.0 Å². The molecule has 2 aromatic rings. The fourth-order valence-electron chi connectivity index (χ4n) is 1.73. The molecule has 0 saturated carbocycles. The molecule has 8 nitrogen and oxygen atoms in total. The van der Waals surface area contributed by atoms with Crippen molar-refractivity contribution in [3.05, 3.63) is 54.6 Å². The SMILES string of the molecule is NC(N)=[NH+]S(=O)(=O)c1ccc(NS(=O)(=O)c2ccccc2)cc1. The van der Waals surface area contributed by atoms with Gasteiger partial charge in [0.05, 0.1) is 4.90 Å². The first kappa shape index (κ1) is 16.8. The molecule has 2 aromatic carbocycles. The van der Waals surface area contributed by atoms with Crippen molar-refractivity contribution >= 4 is 31.7 Å². The van der Waals surface area contributed by atoms with E-state index in [2.05, 4.69) is 4.72 Å². The van der Waals surface area contributed by atoms with Gasteiger partial charge in [-0.3, -0.25) is 16.2 Å². The number of rotatable bonds is 5. The second kappa shape index (κ2) is 6.26. The van der Waals surface area contributed by atoms with E-state index in [-0.39, 0.29) is 15.5 Å². The lowest BCUT2D eigenvalue weighted by Crippen LogP contribution is -2.80. The van der Waals surface area contributed by atoms with Crippen LogP contribution in [0.15, 0.2) is 64.4 Å². The molecule has 0 fully saturated rings. The number of sulfonamides is 2. The number of hydrogen-bond acceptors (Lipinski definition) is 4. The number of guanidine groups is 1. The second-order valence-electron chi connectivity index (χ2n) is 4.50. The summed E-state index contributed by atoms with van der Waals surface area (Å²) in [6, 6.07) is 12.9. The molecule has 0 radical (unpaired) electrons. The highest BCUT2D eigenvalue weighted by Crippen LogP contribution is 2.17. The highest BCUT2D eigenvalue weighted by molar-refractivity contribution is 7.92. The first-order valence-corrected chi connectivity index (χ1v) is 9.26. The van der Waals surface area contributed by atoms with Crippen molar-refractivity contribution in [1.29, 1.82) is 0 Å². The molecule has 23 heavy (non-hydrogen) atoms. The maximum atomic E-state index is 12.2. The van der Waals surface area contributed by atoms with Crippen LogP contribution in [0.1, 0.15) is 0 Å². The van der Waals surface area contributed by atoms with Crippen LogP contribution in [0.2, 0.25) is 0 Å². The molecule has 0 spiro atoms. The second-order valence-corrected chi connectivity index (χ2v) is 7.87. The maximum Gasteiger partial charge on any atom is 0.353 e. The van der Waals surface area contributed by atoms with E-state index in [0.29, 0.717) is 0 Å². The molecule has 0 aliphatic rings. The summed E-state index contributed by atoms with van der Waals surface area (Å²) in [4.78, 5) is -0.00238. The van der Waals surface area contributed by atoms with Crippen LogP contribution in [0.4, 0.5) is 5.69 Å². The Bertz CT molecular complexity index is 918. The Labute approximate surface area is 133 Å². The van der Waals surface area contributed by atoms with Crippen molar-refractivity contribution in [3.63, 3.8) is 0 Å². The van der Waals surface area contributed by atoms with Crippen molar-refractivity contribution in [2.75, 3.05) is 4.72 Å². The van der Waals surface area contributed by atoms with Crippen LogP contribution in [0.25, 0.3) is 0 Å². The summed E-state index contributed by atoms with van der Waals surface area (Å²) in [5.41, 5.74) is 10.4. The molecule has 2 rings (SSSR count).